The number of nitrogens with two attached hydrogens (primary N) is 1. The van der Waals surface area contributed by atoms with Gasteiger partial charge in [0.2, 0.25) is 11.8 Å². The van der Waals surface area contributed by atoms with Gasteiger partial charge in [-0.1, -0.05) is 68.3 Å². The molecule has 86 heavy (non-hydrogen) atoms. The van der Waals surface area contributed by atoms with Gasteiger partial charge in [-0.05, 0) is 100 Å². The van der Waals surface area contributed by atoms with Gasteiger partial charge >= 0.3 is 24.1 Å². The van der Waals surface area contributed by atoms with Gasteiger partial charge in [0.1, 0.15) is 35.3 Å². The molecular weight excluding hydrogens is 1130 g/mol. The number of Topliss-reactive ketones (excluding diaryl/α,β-unsaturated/α-hetero) is 2. The number of aliphatic hydroxyl groups is 1. The van der Waals surface area contributed by atoms with E-state index in [1.54, 1.807) is 77.2 Å². The van der Waals surface area contributed by atoms with Crippen LogP contribution in [-0.4, -0.2) is 137 Å². The average molecular weight is 1210 g/mol. The number of aromatic nitrogens is 1. The Morgan fingerprint density at radius 3 is 2.38 bits per heavy atom. The minimum Gasteiger partial charge on any atom is -0.462 e. The number of fused-ring (bicyclic) bond motifs is 6. The standard InChI is InChI=1S/C62H78ClN7O16/c1-34(2)43(30-42(71)14-9-10-17-54(76)86-70-51(73)22-23-52(70)74)58(78)68-45(15-12-24-65-59(64)79)47(72)29-41-19-18-39-28-40(20-21-44(39)66-41)67-60(80)84-50-31-53(75)69(7)46-27-38(26-36(4)56(46)63)25-35(3)13-11-16-49(82-8)62(81)32-48(83-55(77)33-62)37(5)57-61(50,6)85-57/h11,13,16,18-21,26-28,34,37,43,45,48-50,57,81H,9-10,12,14-15,17,22-25,29-33H2,1-8H3,(H,67,80)(H,68,78)(H3,64,65,79)/b16-11+,35-13+/t37-,43+,45+,48+,49-,50+,57+,61+,62-/m1/s1. The second-order valence-corrected chi connectivity index (χ2v) is 23.8. The van der Waals surface area contributed by atoms with Crippen LogP contribution < -0.4 is 26.6 Å². The molecule has 4 aliphatic rings. The quantitative estimate of drug-likeness (QED) is 0.0313. The molecule has 7 rings (SSSR count). The van der Waals surface area contributed by atoms with Crippen molar-refractivity contribution in [3.05, 3.63) is 88.1 Å². The molecule has 3 saturated heterocycles. The number of benzene rings is 2. The van der Waals surface area contributed by atoms with Crippen molar-refractivity contribution < 1.29 is 76.8 Å². The van der Waals surface area contributed by atoms with Gasteiger partial charge in [0, 0.05) is 87.8 Å². The molecule has 0 unspecified atom stereocenters. The molecule has 4 bridgehead atoms. The number of hydrogen-bond acceptors (Lipinski definition) is 17. The molecule has 2 aromatic carbocycles. The predicted octanol–water partition coefficient (Wildman–Crippen LogP) is 6.91. The number of epoxide rings is 1. The number of carbonyl (C=O) groups excluding carboxylic acids is 10. The Kier molecular flexibility index (Phi) is 22.0. The number of pyridine rings is 1. The molecule has 464 valence electrons. The third kappa shape index (κ3) is 16.9. The van der Waals surface area contributed by atoms with E-state index in [0.717, 1.165) is 16.7 Å². The number of hydroxylamine groups is 2. The first-order valence-corrected chi connectivity index (χ1v) is 29.4. The number of urea groups is 1. The lowest BCUT2D eigenvalue weighted by Crippen LogP contribution is -2.53. The van der Waals surface area contributed by atoms with Crippen molar-refractivity contribution in [2.24, 2.45) is 23.5 Å². The molecule has 7 amide bonds. The zero-order valence-corrected chi connectivity index (χ0v) is 50.6. The lowest BCUT2D eigenvalue weighted by atomic mass is 9.78. The molecule has 3 aromatic rings. The Morgan fingerprint density at radius 2 is 1.69 bits per heavy atom. The van der Waals surface area contributed by atoms with E-state index < -0.39 is 101 Å². The number of ether oxygens (including phenoxy) is 4. The van der Waals surface area contributed by atoms with Crippen molar-refractivity contribution in [2.45, 2.75) is 173 Å². The fourth-order valence-corrected chi connectivity index (χ4v) is 11.5. The SMILES string of the molecule is CO[C@@H]1/C=C/C=C(\C)Cc2cc(C)c(Cl)c(c2)N(C)C(=O)C[C@H](OC(=O)Nc2ccc3nc(CC(=O)[C@H](CCCNC(N)=O)NC(=O)[C@@H](CC(=O)CCCCC(=O)ON4C(=O)CCC4=O)C(C)C)ccc3c2)[C@]2(C)O[C@H]2[C@H](C)[C@@H]2C[C@@]1(O)CC(=O)O2. The summed E-state index contributed by atoms with van der Waals surface area (Å²) in [4.78, 5) is 141. The van der Waals surface area contributed by atoms with Gasteiger partial charge in [-0.25, -0.2) is 14.4 Å². The first kappa shape index (κ1) is 65.9. The number of hydrogen-bond donors (Lipinski definition) is 5. The van der Waals surface area contributed by atoms with Crippen LogP contribution in [0.25, 0.3) is 10.9 Å². The second-order valence-electron chi connectivity index (χ2n) is 23.4. The number of amides is 7. The van der Waals surface area contributed by atoms with Crippen molar-refractivity contribution in [1.82, 2.24) is 20.7 Å². The number of methoxy groups -OCH3 is 1. The first-order valence-electron chi connectivity index (χ1n) is 29.0. The molecule has 0 radical (unpaired) electrons. The number of aryl methyl sites for hydroxylation is 1. The molecule has 4 aliphatic heterocycles. The highest BCUT2D eigenvalue weighted by molar-refractivity contribution is 6.34. The summed E-state index contributed by atoms with van der Waals surface area (Å²) in [6, 6.07) is 10.2. The smallest absolute Gasteiger partial charge is 0.412 e. The van der Waals surface area contributed by atoms with Crippen molar-refractivity contribution in [3.63, 3.8) is 0 Å². The monoisotopic (exact) mass is 1210 g/mol. The van der Waals surface area contributed by atoms with Crippen LogP contribution in [0.1, 0.15) is 128 Å². The summed E-state index contributed by atoms with van der Waals surface area (Å²) in [5, 5.41) is 21.5. The third-order valence-corrected chi connectivity index (χ3v) is 16.8. The molecule has 6 N–H and O–H groups in total. The summed E-state index contributed by atoms with van der Waals surface area (Å²) < 4.78 is 24.1. The molecule has 0 saturated carbocycles. The van der Waals surface area contributed by atoms with E-state index in [1.807, 2.05) is 32.1 Å². The van der Waals surface area contributed by atoms with Gasteiger partial charge in [0.05, 0.1) is 47.6 Å². The van der Waals surface area contributed by atoms with Gasteiger partial charge in [0.15, 0.2) is 5.78 Å². The lowest BCUT2D eigenvalue weighted by Gasteiger charge is -2.41. The fraction of sp³-hybridized carbons (Fsp3) is 0.532. The second kappa shape index (κ2) is 28.7. The first-order chi connectivity index (χ1) is 40.7. The molecule has 24 heteroatoms. The highest BCUT2D eigenvalue weighted by Gasteiger charge is 2.64. The van der Waals surface area contributed by atoms with E-state index in [2.05, 4.69) is 16.0 Å². The van der Waals surface area contributed by atoms with E-state index in [0.29, 0.717) is 44.5 Å². The zero-order valence-electron chi connectivity index (χ0n) is 49.9. The number of halogens is 1. The van der Waals surface area contributed by atoms with Crippen LogP contribution in [0.4, 0.5) is 21.0 Å². The van der Waals surface area contributed by atoms with Crippen LogP contribution in [0.15, 0.2) is 66.3 Å². The van der Waals surface area contributed by atoms with E-state index >= 15 is 0 Å². The van der Waals surface area contributed by atoms with Crippen LogP contribution in [-0.2, 0) is 75.0 Å². The molecule has 0 spiro atoms. The summed E-state index contributed by atoms with van der Waals surface area (Å²) in [6.45, 7) is 11.0. The Hall–Kier alpha value is -7.60. The van der Waals surface area contributed by atoms with E-state index in [4.69, 9.17) is 46.1 Å². The minimum absolute atomic E-state index is 0.0135. The van der Waals surface area contributed by atoms with Gasteiger partial charge < -0.3 is 50.2 Å². The lowest BCUT2D eigenvalue weighted by molar-refractivity contribution is -0.197. The summed E-state index contributed by atoms with van der Waals surface area (Å²) in [5.41, 5.74) is 6.52. The normalized spacial score (nSPS) is 25.1. The van der Waals surface area contributed by atoms with Crippen molar-refractivity contribution in [2.75, 3.05) is 30.9 Å². The van der Waals surface area contributed by atoms with Gasteiger partial charge in [-0.2, -0.15) is 0 Å². The Morgan fingerprint density at radius 1 is 0.965 bits per heavy atom. The van der Waals surface area contributed by atoms with Crippen LogP contribution in [0.2, 0.25) is 5.02 Å². The average Bonchev–Trinajstić information content (AvgIpc) is 1.95. The third-order valence-electron chi connectivity index (χ3n) is 16.3. The van der Waals surface area contributed by atoms with E-state index in [-0.39, 0.29) is 107 Å². The summed E-state index contributed by atoms with van der Waals surface area (Å²) in [6.07, 6.45) is 1.15. The summed E-state index contributed by atoms with van der Waals surface area (Å²) in [5.74, 6) is -5.83. The van der Waals surface area contributed by atoms with Crippen molar-refractivity contribution >= 4 is 93.1 Å². The number of imide groups is 1. The maximum Gasteiger partial charge on any atom is 0.412 e. The number of ketones is 2. The Labute approximate surface area is 504 Å². The molecule has 9 atom stereocenters. The number of carbonyl (C=O) groups is 10. The topological polar surface area (TPSA) is 322 Å². The number of allylic oxidation sites excluding steroid dienone is 3. The van der Waals surface area contributed by atoms with Crippen LogP contribution in [0, 0.1) is 24.7 Å². The number of esters is 1. The molecular formula is C62H78ClN7O16. The number of primary amides is 1. The highest BCUT2D eigenvalue weighted by Crippen LogP contribution is 2.50. The zero-order chi connectivity index (χ0) is 62.8. The fourth-order valence-electron chi connectivity index (χ4n) is 11.3. The molecule has 23 nitrogen and oxygen atoms in total. The number of anilines is 2. The Bertz CT molecular complexity index is 3170. The van der Waals surface area contributed by atoms with Crippen LogP contribution in [0.3, 0.4) is 0 Å². The van der Waals surface area contributed by atoms with E-state index in [1.165, 1.54) is 12.0 Å². The van der Waals surface area contributed by atoms with Gasteiger partial charge in [0.25, 0.3) is 11.8 Å². The molecule has 0 aliphatic carbocycles. The van der Waals surface area contributed by atoms with Crippen molar-refractivity contribution in [3.8, 4) is 0 Å². The number of nitrogens with zero attached hydrogens (tertiary/aromatic N) is 3. The van der Waals surface area contributed by atoms with Gasteiger partial charge in [-0.3, -0.25) is 43.9 Å². The van der Waals surface area contributed by atoms with Gasteiger partial charge in [-0.15, -0.1) is 5.06 Å². The molecule has 3 fully saturated rings. The number of nitrogens with one attached hydrogen (secondary N) is 3. The van der Waals surface area contributed by atoms with Crippen LogP contribution in [0.5, 0.6) is 0 Å². The van der Waals surface area contributed by atoms with Crippen LogP contribution >= 0.6 is 11.6 Å². The number of unbranched alkanes of at least 4 members (excludes halogenated alkanes) is 1. The number of rotatable bonds is 21. The molecule has 5 heterocycles. The minimum atomic E-state index is -1.63. The summed E-state index contributed by atoms with van der Waals surface area (Å²) in [7, 11) is 3.05. The largest absolute Gasteiger partial charge is 0.462 e. The maximum atomic E-state index is 14.4. The molecule has 1 aromatic heterocycles. The highest BCUT2D eigenvalue weighted by atomic mass is 35.5. The predicted molar refractivity (Wildman–Crippen MR) is 315 cm³/mol. The summed E-state index contributed by atoms with van der Waals surface area (Å²) >= 11 is 6.86. The maximum absolute atomic E-state index is 14.4. The van der Waals surface area contributed by atoms with Crippen molar-refractivity contribution in [1.29, 1.82) is 0 Å². The van der Waals surface area contributed by atoms with E-state index in [9.17, 15) is 53.1 Å². The Balaban J connectivity index is 1.02.